The zero-order chi connectivity index (χ0) is 11.3. The molecule has 0 aliphatic rings. The van der Waals surface area contributed by atoms with Crippen LogP contribution in [-0.2, 0) is 6.42 Å². The summed E-state index contributed by atoms with van der Waals surface area (Å²) in [5.41, 5.74) is 6.63. The normalized spacial score (nSPS) is 12.3. The van der Waals surface area contributed by atoms with E-state index >= 15 is 0 Å². The number of hydrazine groups is 1. The monoisotopic (exact) mass is 204 g/mol. The van der Waals surface area contributed by atoms with E-state index in [0.717, 1.165) is 6.42 Å². The molecule has 1 atom stereocenters. The minimum absolute atomic E-state index is 0.112. The fourth-order valence-electron chi connectivity index (χ4n) is 1.53. The summed E-state index contributed by atoms with van der Waals surface area (Å²) in [5, 5.41) is 0. The molecule has 0 saturated carbocycles. The maximum atomic E-state index is 5.53. The maximum absolute atomic E-state index is 5.53. The first kappa shape index (κ1) is 12.0. The van der Waals surface area contributed by atoms with E-state index in [0.29, 0.717) is 0 Å². The summed E-state index contributed by atoms with van der Waals surface area (Å²) < 4.78 is 0. The van der Waals surface area contributed by atoms with Crippen molar-refractivity contribution >= 4 is 0 Å². The summed E-state index contributed by atoms with van der Waals surface area (Å²) in [6.45, 7) is 6.30. The van der Waals surface area contributed by atoms with Crippen molar-refractivity contribution in [3.63, 3.8) is 0 Å². The smallest absolute Gasteiger partial charge is 0.0643 e. The Balaban J connectivity index is 2.88. The van der Waals surface area contributed by atoms with Crippen LogP contribution in [0.25, 0.3) is 0 Å². The van der Waals surface area contributed by atoms with Gasteiger partial charge < -0.3 is 0 Å². The van der Waals surface area contributed by atoms with Crippen LogP contribution in [-0.4, -0.2) is 0 Å². The van der Waals surface area contributed by atoms with Gasteiger partial charge in [0.05, 0.1) is 6.04 Å². The van der Waals surface area contributed by atoms with E-state index in [1.807, 2.05) is 0 Å². The topological polar surface area (TPSA) is 38.0 Å². The molecule has 3 N–H and O–H groups in total. The molecule has 15 heavy (non-hydrogen) atoms. The van der Waals surface area contributed by atoms with Crippen molar-refractivity contribution in [1.82, 2.24) is 5.43 Å². The fourth-order valence-corrected chi connectivity index (χ4v) is 1.53. The molecule has 1 unspecified atom stereocenters. The number of benzene rings is 1. The Hall–Kier alpha value is -1.12. The summed E-state index contributed by atoms with van der Waals surface area (Å²) >= 11 is 0. The Morgan fingerprint density at radius 1 is 1.33 bits per heavy atom. The van der Waals surface area contributed by atoms with E-state index in [4.69, 9.17) is 5.84 Å². The van der Waals surface area contributed by atoms with Crippen molar-refractivity contribution in [2.45, 2.75) is 33.2 Å². The van der Waals surface area contributed by atoms with Crippen LogP contribution in [0.15, 0.2) is 35.9 Å². The van der Waals surface area contributed by atoms with Gasteiger partial charge in [-0.25, -0.2) is 5.43 Å². The van der Waals surface area contributed by atoms with Gasteiger partial charge >= 0.3 is 0 Å². The molecule has 1 aromatic rings. The first-order valence-corrected chi connectivity index (χ1v) is 5.37. The van der Waals surface area contributed by atoms with E-state index in [1.165, 1.54) is 16.7 Å². The molecule has 0 aromatic heterocycles. The highest BCUT2D eigenvalue weighted by atomic mass is 15.2. The number of rotatable bonds is 4. The zero-order valence-corrected chi connectivity index (χ0v) is 9.75. The summed E-state index contributed by atoms with van der Waals surface area (Å²) in [7, 11) is 0. The van der Waals surface area contributed by atoms with Crippen LogP contribution >= 0.6 is 0 Å². The standard InChI is InChI=1S/C13H20N2/c1-4-11-5-7-12(8-6-11)13(15-14)9-10(2)3/h5-9,13,15H,4,14H2,1-3H3. The van der Waals surface area contributed by atoms with Crippen molar-refractivity contribution in [3.8, 4) is 0 Å². The van der Waals surface area contributed by atoms with E-state index in [-0.39, 0.29) is 6.04 Å². The van der Waals surface area contributed by atoms with E-state index in [2.05, 4.69) is 56.5 Å². The molecule has 82 valence electrons. The molecule has 0 amide bonds. The van der Waals surface area contributed by atoms with Crippen LogP contribution in [0.1, 0.15) is 37.9 Å². The summed E-state index contributed by atoms with van der Waals surface area (Å²) in [6.07, 6.45) is 3.20. The Bertz CT molecular complexity index is 321. The Kier molecular flexibility index (Phi) is 4.53. The number of nitrogens with one attached hydrogen (secondary N) is 1. The quantitative estimate of drug-likeness (QED) is 0.449. The Morgan fingerprint density at radius 3 is 2.33 bits per heavy atom. The number of nitrogens with two attached hydrogens (primary N) is 1. The van der Waals surface area contributed by atoms with E-state index in [9.17, 15) is 0 Å². The predicted octanol–water partition coefficient (Wildman–Crippen LogP) is 2.72. The van der Waals surface area contributed by atoms with Gasteiger partial charge in [0.25, 0.3) is 0 Å². The molecule has 1 aromatic carbocycles. The van der Waals surface area contributed by atoms with Crippen molar-refractivity contribution in [1.29, 1.82) is 0 Å². The average Bonchev–Trinajstić information content (AvgIpc) is 2.26. The van der Waals surface area contributed by atoms with Crippen molar-refractivity contribution < 1.29 is 0 Å². The van der Waals surface area contributed by atoms with Gasteiger partial charge in [0.2, 0.25) is 0 Å². The van der Waals surface area contributed by atoms with Gasteiger partial charge in [0.1, 0.15) is 0 Å². The molecule has 1 rings (SSSR count). The highest BCUT2D eigenvalue weighted by molar-refractivity contribution is 5.28. The molecule has 0 saturated heterocycles. The SMILES string of the molecule is CCc1ccc(C(C=C(C)C)NN)cc1. The second-order valence-electron chi connectivity index (χ2n) is 3.98. The number of aryl methyl sites for hydroxylation is 1. The third kappa shape index (κ3) is 3.50. The van der Waals surface area contributed by atoms with Crippen LogP contribution in [0.2, 0.25) is 0 Å². The maximum Gasteiger partial charge on any atom is 0.0643 e. The number of hydrogen-bond acceptors (Lipinski definition) is 2. The highest BCUT2D eigenvalue weighted by Gasteiger charge is 2.05. The Morgan fingerprint density at radius 2 is 1.93 bits per heavy atom. The van der Waals surface area contributed by atoms with Gasteiger partial charge in [-0.05, 0) is 31.4 Å². The molecule has 0 aliphatic carbocycles. The zero-order valence-electron chi connectivity index (χ0n) is 9.75. The molecule has 2 heteroatoms. The van der Waals surface area contributed by atoms with Crippen LogP contribution in [0, 0.1) is 0 Å². The van der Waals surface area contributed by atoms with Gasteiger partial charge in [-0.1, -0.05) is 42.8 Å². The molecule has 0 aliphatic heterocycles. The first-order valence-electron chi connectivity index (χ1n) is 5.37. The van der Waals surface area contributed by atoms with E-state index < -0.39 is 0 Å². The molecular formula is C13H20N2. The average molecular weight is 204 g/mol. The van der Waals surface area contributed by atoms with Crippen molar-refractivity contribution in [2.75, 3.05) is 0 Å². The highest BCUT2D eigenvalue weighted by Crippen LogP contribution is 2.16. The summed E-state index contributed by atoms with van der Waals surface area (Å²) in [6, 6.07) is 8.67. The lowest BCUT2D eigenvalue weighted by Gasteiger charge is -2.13. The second kappa shape index (κ2) is 5.69. The lowest BCUT2D eigenvalue weighted by molar-refractivity contribution is 0.651. The predicted molar refractivity (Wildman–Crippen MR) is 65.3 cm³/mol. The molecule has 0 bridgehead atoms. The van der Waals surface area contributed by atoms with E-state index in [1.54, 1.807) is 0 Å². The molecule has 0 spiro atoms. The minimum Gasteiger partial charge on any atom is -0.271 e. The number of allylic oxidation sites excluding steroid dienone is 1. The summed E-state index contributed by atoms with van der Waals surface area (Å²) in [4.78, 5) is 0. The third-order valence-corrected chi connectivity index (χ3v) is 2.43. The largest absolute Gasteiger partial charge is 0.271 e. The molecule has 0 radical (unpaired) electrons. The van der Waals surface area contributed by atoms with Gasteiger partial charge in [0, 0.05) is 0 Å². The van der Waals surface area contributed by atoms with Gasteiger partial charge in [-0.15, -0.1) is 0 Å². The fraction of sp³-hybridized carbons (Fsp3) is 0.385. The van der Waals surface area contributed by atoms with Gasteiger partial charge in [-0.3, -0.25) is 5.84 Å². The van der Waals surface area contributed by atoms with Crippen LogP contribution in [0.4, 0.5) is 0 Å². The van der Waals surface area contributed by atoms with Crippen molar-refractivity contribution in [2.24, 2.45) is 5.84 Å². The van der Waals surface area contributed by atoms with Crippen LogP contribution < -0.4 is 11.3 Å². The molecule has 0 fully saturated rings. The molecule has 0 heterocycles. The van der Waals surface area contributed by atoms with Crippen molar-refractivity contribution in [3.05, 3.63) is 47.0 Å². The van der Waals surface area contributed by atoms with Crippen LogP contribution in [0.3, 0.4) is 0 Å². The Labute approximate surface area is 92.2 Å². The minimum atomic E-state index is 0.112. The lowest BCUT2D eigenvalue weighted by atomic mass is 10.0. The lowest BCUT2D eigenvalue weighted by Crippen LogP contribution is -2.26. The third-order valence-electron chi connectivity index (χ3n) is 2.43. The van der Waals surface area contributed by atoms with Crippen LogP contribution in [0.5, 0.6) is 0 Å². The second-order valence-corrected chi connectivity index (χ2v) is 3.98. The first-order chi connectivity index (χ1) is 7.17. The summed E-state index contributed by atoms with van der Waals surface area (Å²) in [5.74, 6) is 5.53. The molecule has 2 nitrogen and oxygen atoms in total. The molecular weight excluding hydrogens is 184 g/mol. The van der Waals surface area contributed by atoms with Gasteiger partial charge in [-0.2, -0.15) is 0 Å². The van der Waals surface area contributed by atoms with Gasteiger partial charge in [0.15, 0.2) is 0 Å². The number of hydrogen-bond donors (Lipinski definition) is 2.